The number of benzene rings is 2. The first kappa shape index (κ1) is 18.8. The number of anilines is 1. The smallest absolute Gasteiger partial charge is 0.262 e. The quantitative estimate of drug-likeness (QED) is 0.837. The number of rotatable bonds is 6. The van der Waals surface area contributed by atoms with Gasteiger partial charge in [-0.05, 0) is 51.1 Å². The minimum Gasteiger partial charge on any atom is -0.490 e. The first-order valence-electron chi connectivity index (χ1n) is 8.89. The van der Waals surface area contributed by atoms with Gasteiger partial charge in [0.15, 0.2) is 23.9 Å². The SMILES string of the molecule is CCOc1ccccc1OCC(=O)Nc1ccc2c(c1)C(=O)CC(C)(C)O2. The van der Waals surface area contributed by atoms with Gasteiger partial charge >= 0.3 is 0 Å². The molecule has 6 nitrogen and oxygen atoms in total. The fourth-order valence-corrected chi connectivity index (χ4v) is 2.91. The van der Waals surface area contributed by atoms with E-state index in [0.717, 1.165) is 0 Å². The first-order chi connectivity index (χ1) is 12.9. The van der Waals surface area contributed by atoms with Crippen LogP contribution in [0.1, 0.15) is 37.6 Å². The van der Waals surface area contributed by atoms with Gasteiger partial charge in [0.1, 0.15) is 11.4 Å². The molecule has 3 rings (SSSR count). The third-order valence-electron chi connectivity index (χ3n) is 4.04. The van der Waals surface area contributed by atoms with Gasteiger partial charge in [-0.25, -0.2) is 0 Å². The molecule has 2 aromatic carbocycles. The molecule has 0 spiro atoms. The number of fused-ring (bicyclic) bond motifs is 1. The van der Waals surface area contributed by atoms with E-state index in [0.29, 0.717) is 41.5 Å². The summed E-state index contributed by atoms with van der Waals surface area (Å²) < 4.78 is 16.8. The van der Waals surface area contributed by atoms with E-state index in [9.17, 15) is 9.59 Å². The topological polar surface area (TPSA) is 73.9 Å². The van der Waals surface area contributed by atoms with E-state index < -0.39 is 5.60 Å². The summed E-state index contributed by atoms with van der Waals surface area (Å²) in [7, 11) is 0. The Hall–Kier alpha value is -3.02. The lowest BCUT2D eigenvalue weighted by Gasteiger charge is -2.31. The van der Waals surface area contributed by atoms with Gasteiger partial charge in [0.05, 0.1) is 18.6 Å². The van der Waals surface area contributed by atoms with Crippen molar-refractivity contribution in [2.75, 3.05) is 18.5 Å². The van der Waals surface area contributed by atoms with Crippen LogP contribution in [0.5, 0.6) is 17.2 Å². The molecule has 1 N–H and O–H groups in total. The van der Waals surface area contributed by atoms with Crippen LogP contribution >= 0.6 is 0 Å². The lowest BCUT2D eigenvalue weighted by atomic mass is 9.93. The van der Waals surface area contributed by atoms with E-state index >= 15 is 0 Å². The van der Waals surface area contributed by atoms with Gasteiger partial charge in [-0.2, -0.15) is 0 Å². The van der Waals surface area contributed by atoms with E-state index in [2.05, 4.69) is 5.32 Å². The number of nitrogens with one attached hydrogen (secondary N) is 1. The number of carbonyl (C=O) groups is 2. The molecule has 0 atom stereocenters. The van der Waals surface area contributed by atoms with Gasteiger partial charge in [0, 0.05) is 5.69 Å². The summed E-state index contributed by atoms with van der Waals surface area (Å²) in [5.41, 5.74) is 0.489. The Labute approximate surface area is 158 Å². The number of ketones is 1. The third kappa shape index (κ3) is 4.58. The highest BCUT2D eigenvalue weighted by molar-refractivity contribution is 6.02. The molecule has 142 valence electrons. The molecule has 0 fully saturated rings. The van der Waals surface area contributed by atoms with E-state index in [1.165, 1.54) is 0 Å². The van der Waals surface area contributed by atoms with Gasteiger partial charge in [0.2, 0.25) is 0 Å². The Kier molecular flexibility index (Phi) is 5.35. The van der Waals surface area contributed by atoms with E-state index in [-0.39, 0.29) is 18.3 Å². The van der Waals surface area contributed by atoms with Crippen molar-refractivity contribution in [1.29, 1.82) is 0 Å². The Morgan fingerprint density at radius 3 is 2.56 bits per heavy atom. The van der Waals surface area contributed by atoms with Gasteiger partial charge in [-0.3, -0.25) is 9.59 Å². The largest absolute Gasteiger partial charge is 0.490 e. The Bertz CT molecular complexity index is 859. The van der Waals surface area contributed by atoms with E-state index in [1.807, 2.05) is 32.9 Å². The van der Waals surface area contributed by atoms with Gasteiger partial charge in [-0.15, -0.1) is 0 Å². The van der Waals surface area contributed by atoms with Crippen molar-refractivity contribution in [2.45, 2.75) is 32.8 Å². The molecule has 6 heteroatoms. The van der Waals surface area contributed by atoms with Gasteiger partial charge in [0.25, 0.3) is 5.91 Å². The van der Waals surface area contributed by atoms with Gasteiger partial charge in [-0.1, -0.05) is 12.1 Å². The normalized spacial score (nSPS) is 14.7. The summed E-state index contributed by atoms with van der Waals surface area (Å²) in [4.78, 5) is 24.5. The zero-order valence-corrected chi connectivity index (χ0v) is 15.7. The molecule has 0 saturated carbocycles. The van der Waals surface area contributed by atoms with Crippen molar-refractivity contribution in [3.05, 3.63) is 48.0 Å². The highest BCUT2D eigenvalue weighted by Crippen LogP contribution is 2.34. The Morgan fingerprint density at radius 1 is 1.15 bits per heavy atom. The molecule has 1 heterocycles. The zero-order chi connectivity index (χ0) is 19.4. The molecule has 0 aromatic heterocycles. The number of hydrogen-bond acceptors (Lipinski definition) is 5. The highest BCUT2D eigenvalue weighted by Gasteiger charge is 2.32. The van der Waals surface area contributed by atoms with Crippen LogP contribution in [-0.4, -0.2) is 30.5 Å². The maximum atomic E-state index is 12.3. The van der Waals surface area contributed by atoms with E-state index in [4.69, 9.17) is 14.2 Å². The molecular weight excluding hydrogens is 346 g/mol. The summed E-state index contributed by atoms with van der Waals surface area (Å²) >= 11 is 0. The van der Waals surface area contributed by atoms with Crippen LogP contribution in [-0.2, 0) is 4.79 Å². The molecule has 27 heavy (non-hydrogen) atoms. The molecule has 2 aromatic rings. The van der Waals surface area contributed by atoms with Crippen LogP contribution in [0.15, 0.2) is 42.5 Å². The standard InChI is InChI=1S/C21H23NO5/c1-4-25-18-7-5-6-8-19(18)26-13-20(24)22-14-9-10-17-15(11-14)16(23)12-21(2,3)27-17/h5-11H,4,12-13H2,1-3H3,(H,22,24). The van der Waals surface area contributed by atoms with Crippen LogP contribution in [0.2, 0.25) is 0 Å². The van der Waals surface area contributed by atoms with Crippen LogP contribution in [0.3, 0.4) is 0 Å². The van der Waals surface area contributed by atoms with Crippen molar-refractivity contribution in [3.8, 4) is 17.2 Å². The summed E-state index contributed by atoms with van der Waals surface area (Å²) in [5.74, 6) is 1.30. The van der Waals surface area contributed by atoms with Crippen molar-refractivity contribution in [3.63, 3.8) is 0 Å². The van der Waals surface area contributed by atoms with Gasteiger partial charge < -0.3 is 19.5 Å². The molecule has 0 bridgehead atoms. The van der Waals surface area contributed by atoms with Crippen LogP contribution < -0.4 is 19.5 Å². The minimum atomic E-state index is -0.517. The zero-order valence-electron chi connectivity index (χ0n) is 15.7. The molecule has 0 aliphatic carbocycles. The number of hydrogen-bond donors (Lipinski definition) is 1. The highest BCUT2D eigenvalue weighted by atomic mass is 16.5. The predicted molar refractivity (Wildman–Crippen MR) is 102 cm³/mol. The molecule has 0 radical (unpaired) electrons. The second kappa shape index (κ2) is 7.70. The van der Waals surface area contributed by atoms with Crippen LogP contribution in [0.25, 0.3) is 0 Å². The predicted octanol–water partition coefficient (Wildman–Crippen LogP) is 3.85. The van der Waals surface area contributed by atoms with Crippen LogP contribution in [0.4, 0.5) is 5.69 Å². The molecule has 1 aliphatic heterocycles. The molecule has 1 amide bonds. The second-order valence-corrected chi connectivity index (χ2v) is 6.89. The average molecular weight is 369 g/mol. The van der Waals surface area contributed by atoms with Crippen molar-refractivity contribution in [1.82, 2.24) is 0 Å². The van der Waals surface area contributed by atoms with Crippen LogP contribution in [0, 0.1) is 0 Å². The molecule has 1 aliphatic rings. The number of carbonyl (C=O) groups excluding carboxylic acids is 2. The molecular formula is C21H23NO5. The maximum absolute atomic E-state index is 12.3. The fraction of sp³-hybridized carbons (Fsp3) is 0.333. The number of amides is 1. The van der Waals surface area contributed by atoms with Crippen molar-refractivity contribution in [2.24, 2.45) is 0 Å². The maximum Gasteiger partial charge on any atom is 0.262 e. The monoisotopic (exact) mass is 369 g/mol. The lowest BCUT2D eigenvalue weighted by molar-refractivity contribution is -0.118. The summed E-state index contributed by atoms with van der Waals surface area (Å²) in [5, 5.41) is 2.74. The Morgan fingerprint density at radius 2 is 1.85 bits per heavy atom. The minimum absolute atomic E-state index is 0.000703. The van der Waals surface area contributed by atoms with Crippen molar-refractivity contribution >= 4 is 17.4 Å². The lowest BCUT2D eigenvalue weighted by Crippen LogP contribution is -2.35. The number of Topliss-reactive ketones (excluding diaryl/α,β-unsaturated/α-hetero) is 1. The van der Waals surface area contributed by atoms with E-state index in [1.54, 1.807) is 30.3 Å². The first-order valence-corrected chi connectivity index (χ1v) is 8.89. The number of para-hydroxylation sites is 2. The number of ether oxygens (including phenoxy) is 3. The summed E-state index contributed by atoms with van der Waals surface area (Å²) in [6.45, 7) is 5.97. The second-order valence-electron chi connectivity index (χ2n) is 6.89. The summed E-state index contributed by atoms with van der Waals surface area (Å²) in [6, 6.07) is 12.2. The van der Waals surface area contributed by atoms with Crippen molar-refractivity contribution < 1.29 is 23.8 Å². The fourth-order valence-electron chi connectivity index (χ4n) is 2.91. The molecule has 0 saturated heterocycles. The Balaban J connectivity index is 1.64. The third-order valence-corrected chi connectivity index (χ3v) is 4.04. The average Bonchev–Trinajstić information content (AvgIpc) is 2.61. The summed E-state index contributed by atoms with van der Waals surface area (Å²) in [6.07, 6.45) is 0.300. The molecule has 0 unspecified atom stereocenters.